The summed E-state index contributed by atoms with van der Waals surface area (Å²) in [6, 6.07) is 1.19. The van der Waals surface area contributed by atoms with Gasteiger partial charge in [-0.25, -0.2) is 0 Å². The molecule has 23 heavy (non-hydrogen) atoms. The van der Waals surface area contributed by atoms with Gasteiger partial charge in [0.05, 0.1) is 6.10 Å². The lowest BCUT2D eigenvalue weighted by Crippen LogP contribution is -2.39. The molecule has 0 aliphatic carbocycles. The number of nitrogens with zero attached hydrogens (tertiary/aromatic N) is 2. The lowest BCUT2D eigenvalue weighted by Gasteiger charge is -2.30. The van der Waals surface area contributed by atoms with Crippen LogP contribution in [0.2, 0.25) is 0 Å². The first-order chi connectivity index (χ1) is 11.0. The Morgan fingerprint density at radius 2 is 1.96 bits per heavy atom. The number of aliphatic imine (C=N–C) groups is 1. The van der Waals surface area contributed by atoms with E-state index in [9.17, 15) is 0 Å². The van der Waals surface area contributed by atoms with Crippen molar-refractivity contribution in [1.82, 2.24) is 15.5 Å². The van der Waals surface area contributed by atoms with Crippen LogP contribution < -0.4 is 10.6 Å². The number of ether oxygens (including phenoxy) is 1. The number of rotatable bonds is 10. The Labute approximate surface area is 143 Å². The Morgan fingerprint density at radius 3 is 2.52 bits per heavy atom. The predicted octanol–water partition coefficient (Wildman–Crippen LogP) is 2.62. The molecule has 1 rings (SSSR count). The lowest BCUT2D eigenvalue weighted by atomic mass is 10.2. The van der Waals surface area contributed by atoms with Gasteiger partial charge in [0.1, 0.15) is 0 Å². The minimum absolute atomic E-state index is 0.441. The number of nitrogens with one attached hydrogen (secondary N) is 2. The summed E-state index contributed by atoms with van der Waals surface area (Å²) in [5, 5.41) is 6.75. The van der Waals surface area contributed by atoms with Gasteiger partial charge >= 0.3 is 0 Å². The van der Waals surface area contributed by atoms with Gasteiger partial charge in [0.15, 0.2) is 5.96 Å². The van der Waals surface area contributed by atoms with Gasteiger partial charge in [0.25, 0.3) is 0 Å². The van der Waals surface area contributed by atoms with Gasteiger partial charge in [-0.1, -0.05) is 0 Å². The van der Waals surface area contributed by atoms with Crippen LogP contribution in [-0.2, 0) is 4.74 Å². The van der Waals surface area contributed by atoms with Crippen molar-refractivity contribution in [2.24, 2.45) is 4.99 Å². The average molecular weight is 327 g/mol. The molecule has 0 saturated carbocycles. The third-order valence-electron chi connectivity index (χ3n) is 4.30. The quantitative estimate of drug-likeness (QED) is 0.368. The molecule has 5 nitrogen and oxygen atoms in total. The molecule has 1 heterocycles. The lowest BCUT2D eigenvalue weighted by molar-refractivity contribution is 0.105. The molecule has 1 fully saturated rings. The van der Waals surface area contributed by atoms with Crippen molar-refractivity contribution in [3.05, 3.63) is 0 Å². The highest BCUT2D eigenvalue weighted by atomic mass is 16.5. The second kappa shape index (κ2) is 11.7. The van der Waals surface area contributed by atoms with Crippen molar-refractivity contribution in [1.29, 1.82) is 0 Å². The van der Waals surface area contributed by atoms with E-state index in [1.807, 2.05) is 0 Å². The van der Waals surface area contributed by atoms with Crippen LogP contribution in [0.3, 0.4) is 0 Å². The van der Waals surface area contributed by atoms with E-state index in [4.69, 9.17) is 9.73 Å². The van der Waals surface area contributed by atoms with E-state index in [1.165, 1.54) is 12.8 Å². The molecule has 1 aliphatic heterocycles. The second-order valence-corrected chi connectivity index (χ2v) is 6.89. The highest BCUT2D eigenvalue weighted by molar-refractivity contribution is 5.79. The standard InChI is InChI=1S/C18H38N4O/c1-6-19-18(21-12-10-17-9-7-14-23-17)20-11-8-13-22(15(2)3)16(4)5/h15-17H,6-14H2,1-5H3,(H2,19,20,21). The van der Waals surface area contributed by atoms with Gasteiger partial charge in [0, 0.05) is 44.9 Å². The molecule has 0 aromatic carbocycles. The molecule has 0 spiro atoms. The maximum Gasteiger partial charge on any atom is 0.191 e. The fourth-order valence-electron chi connectivity index (χ4n) is 3.12. The Kier molecular flexibility index (Phi) is 10.3. The maximum atomic E-state index is 5.66. The van der Waals surface area contributed by atoms with E-state index in [2.05, 4.69) is 50.2 Å². The average Bonchev–Trinajstić information content (AvgIpc) is 2.99. The van der Waals surface area contributed by atoms with E-state index in [-0.39, 0.29) is 0 Å². The van der Waals surface area contributed by atoms with Crippen LogP contribution in [0, 0.1) is 0 Å². The van der Waals surface area contributed by atoms with Gasteiger partial charge in [-0.2, -0.15) is 0 Å². The third-order valence-corrected chi connectivity index (χ3v) is 4.30. The van der Waals surface area contributed by atoms with Crippen molar-refractivity contribution in [2.75, 3.05) is 32.8 Å². The van der Waals surface area contributed by atoms with Gasteiger partial charge in [-0.05, 0) is 60.3 Å². The first-order valence-corrected chi connectivity index (χ1v) is 9.44. The topological polar surface area (TPSA) is 48.9 Å². The molecule has 0 radical (unpaired) electrons. The first kappa shape index (κ1) is 20.2. The number of hydrogen-bond acceptors (Lipinski definition) is 3. The van der Waals surface area contributed by atoms with E-state index in [1.54, 1.807) is 0 Å². The molecular weight excluding hydrogens is 288 g/mol. The van der Waals surface area contributed by atoms with Crippen LogP contribution in [-0.4, -0.2) is 61.8 Å². The van der Waals surface area contributed by atoms with E-state index in [0.29, 0.717) is 18.2 Å². The molecule has 1 atom stereocenters. The Balaban J connectivity index is 2.27. The van der Waals surface area contributed by atoms with Crippen LogP contribution in [0.1, 0.15) is 60.3 Å². The highest BCUT2D eigenvalue weighted by Crippen LogP contribution is 2.14. The largest absolute Gasteiger partial charge is 0.378 e. The zero-order chi connectivity index (χ0) is 17.1. The molecule has 0 aromatic heterocycles. The summed E-state index contributed by atoms with van der Waals surface area (Å²) in [5.41, 5.74) is 0. The van der Waals surface area contributed by atoms with Crippen LogP contribution in [0.15, 0.2) is 4.99 Å². The summed E-state index contributed by atoms with van der Waals surface area (Å²) in [6.45, 7) is 15.9. The van der Waals surface area contributed by atoms with E-state index >= 15 is 0 Å². The Hall–Kier alpha value is -0.810. The molecule has 5 heteroatoms. The summed E-state index contributed by atoms with van der Waals surface area (Å²) in [4.78, 5) is 7.22. The summed E-state index contributed by atoms with van der Waals surface area (Å²) in [5.74, 6) is 0.936. The van der Waals surface area contributed by atoms with Crippen molar-refractivity contribution >= 4 is 5.96 Å². The molecule has 1 aliphatic rings. The molecule has 0 aromatic rings. The monoisotopic (exact) mass is 326 g/mol. The van der Waals surface area contributed by atoms with E-state index < -0.39 is 0 Å². The fourth-order valence-corrected chi connectivity index (χ4v) is 3.12. The van der Waals surface area contributed by atoms with Gasteiger partial charge in [-0.3, -0.25) is 9.89 Å². The fraction of sp³-hybridized carbons (Fsp3) is 0.944. The predicted molar refractivity (Wildman–Crippen MR) is 99.2 cm³/mol. The van der Waals surface area contributed by atoms with E-state index in [0.717, 1.165) is 51.6 Å². The minimum Gasteiger partial charge on any atom is -0.378 e. The van der Waals surface area contributed by atoms with Gasteiger partial charge < -0.3 is 15.4 Å². The smallest absolute Gasteiger partial charge is 0.191 e. The maximum absolute atomic E-state index is 5.66. The summed E-state index contributed by atoms with van der Waals surface area (Å²) in [6.07, 6.45) is 5.02. The summed E-state index contributed by atoms with van der Waals surface area (Å²) >= 11 is 0. The molecule has 1 saturated heterocycles. The SMILES string of the molecule is CCNC(=NCCCN(C(C)C)C(C)C)NCCC1CCCO1. The molecule has 0 amide bonds. The molecule has 136 valence electrons. The highest BCUT2D eigenvalue weighted by Gasteiger charge is 2.15. The van der Waals surface area contributed by atoms with Crippen LogP contribution in [0.25, 0.3) is 0 Å². The molecule has 1 unspecified atom stereocenters. The Morgan fingerprint density at radius 1 is 1.22 bits per heavy atom. The van der Waals surface area contributed by atoms with Gasteiger partial charge in [-0.15, -0.1) is 0 Å². The van der Waals surface area contributed by atoms with Crippen molar-refractivity contribution < 1.29 is 4.74 Å². The zero-order valence-corrected chi connectivity index (χ0v) is 15.9. The number of hydrogen-bond donors (Lipinski definition) is 2. The summed E-state index contributed by atoms with van der Waals surface area (Å²) in [7, 11) is 0. The molecule has 0 bridgehead atoms. The minimum atomic E-state index is 0.441. The zero-order valence-electron chi connectivity index (χ0n) is 15.9. The summed E-state index contributed by atoms with van der Waals surface area (Å²) < 4.78 is 5.66. The van der Waals surface area contributed by atoms with Crippen molar-refractivity contribution in [3.63, 3.8) is 0 Å². The first-order valence-electron chi connectivity index (χ1n) is 9.44. The van der Waals surface area contributed by atoms with Crippen LogP contribution in [0.5, 0.6) is 0 Å². The van der Waals surface area contributed by atoms with Gasteiger partial charge in [0.2, 0.25) is 0 Å². The molecule has 2 N–H and O–H groups in total. The number of guanidine groups is 1. The van der Waals surface area contributed by atoms with Crippen LogP contribution in [0.4, 0.5) is 0 Å². The molecular formula is C18H38N4O. The van der Waals surface area contributed by atoms with Crippen molar-refractivity contribution in [3.8, 4) is 0 Å². The van der Waals surface area contributed by atoms with Crippen LogP contribution >= 0.6 is 0 Å². The normalized spacial score (nSPS) is 19.1. The Bertz CT molecular complexity index is 317. The second-order valence-electron chi connectivity index (χ2n) is 6.89. The third kappa shape index (κ3) is 8.56. The van der Waals surface area contributed by atoms with Crippen molar-refractivity contribution in [2.45, 2.75) is 78.5 Å².